The van der Waals surface area contributed by atoms with Crippen LogP contribution in [-0.4, -0.2) is 34.5 Å². The molecule has 0 aromatic carbocycles. The number of ether oxygens (including phenoxy) is 1. The second-order valence-corrected chi connectivity index (χ2v) is 4.73. The van der Waals surface area contributed by atoms with Gasteiger partial charge in [0.15, 0.2) is 5.56 Å². The standard InChI is InChI=1S/C10H19Cl2NO2/c1-7(2)13(8(3)4)10(14)15-9(12)5-6-11/h7-9H,5-6H2,1-4H3. The van der Waals surface area contributed by atoms with Crippen LogP contribution in [0.5, 0.6) is 0 Å². The Morgan fingerprint density at radius 1 is 1.27 bits per heavy atom. The van der Waals surface area contributed by atoms with Crippen LogP contribution < -0.4 is 0 Å². The summed E-state index contributed by atoms with van der Waals surface area (Å²) in [4.78, 5) is 13.3. The molecule has 0 saturated heterocycles. The van der Waals surface area contributed by atoms with Crippen molar-refractivity contribution in [2.75, 3.05) is 5.88 Å². The van der Waals surface area contributed by atoms with Gasteiger partial charge >= 0.3 is 6.09 Å². The van der Waals surface area contributed by atoms with E-state index in [0.717, 1.165) is 0 Å². The van der Waals surface area contributed by atoms with Gasteiger partial charge in [-0.1, -0.05) is 11.6 Å². The molecule has 0 bridgehead atoms. The molecule has 0 aliphatic carbocycles. The van der Waals surface area contributed by atoms with Crippen LogP contribution in [-0.2, 0) is 4.74 Å². The fraction of sp³-hybridized carbons (Fsp3) is 0.900. The van der Waals surface area contributed by atoms with Gasteiger partial charge in [-0.15, -0.1) is 11.6 Å². The molecule has 0 fully saturated rings. The van der Waals surface area contributed by atoms with Crippen molar-refractivity contribution in [1.82, 2.24) is 4.90 Å². The molecule has 0 aliphatic heterocycles. The second kappa shape index (κ2) is 7.18. The zero-order chi connectivity index (χ0) is 12.0. The number of rotatable bonds is 5. The van der Waals surface area contributed by atoms with Crippen LogP contribution in [0.1, 0.15) is 34.1 Å². The maximum atomic E-state index is 11.7. The molecule has 5 heteroatoms. The third-order valence-corrected chi connectivity index (χ3v) is 2.41. The lowest BCUT2D eigenvalue weighted by molar-refractivity contribution is 0.0687. The van der Waals surface area contributed by atoms with Crippen molar-refractivity contribution >= 4 is 29.3 Å². The molecule has 0 aromatic rings. The van der Waals surface area contributed by atoms with E-state index in [2.05, 4.69) is 0 Å². The summed E-state index contributed by atoms with van der Waals surface area (Å²) in [7, 11) is 0. The SMILES string of the molecule is CC(C)N(C(=O)OC(Cl)CCCl)C(C)C. The van der Waals surface area contributed by atoms with Crippen molar-refractivity contribution in [2.24, 2.45) is 0 Å². The molecule has 0 radical (unpaired) electrons. The van der Waals surface area contributed by atoms with Gasteiger partial charge in [0.2, 0.25) is 0 Å². The lowest BCUT2D eigenvalue weighted by Gasteiger charge is -2.30. The van der Waals surface area contributed by atoms with E-state index >= 15 is 0 Å². The van der Waals surface area contributed by atoms with E-state index < -0.39 is 5.56 Å². The molecule has 0 aliphatic rings. The third kappa shape index (κ3) is 5.47. The van der Waals surface area contributed by atoms with Crippen LogP contribution in [0.2, 0.25) is 0 Å². The minimum absolute atomic E-state index is 0.0948. The van der Waals surface area contributed by atoms with Gasteiger partial charge in [-0.2, -0.15) is 0 Å². The monoisotopic (exact) mass is 255 g/mol. The average Bonchev–Trinajstić information content (AvgIpc) is 2.01. The van der Waals surface area contributed by atoms with Crippen molar-refractivity contribution < 1.29 is 9.53 Å². The topological polar surface area (TPSA) is 29.5 Å². The highest BCUT2D eigenvalue weighted by atomic mass is 35.5. The molecular formula is C10H19Cl2NO2. The Balaban J connectivity index is 4.26. The number of hydrogen-bond donors (Lipinski definition) is 0. The quantitative estimate of drug-likeness (QED) is 0.705. The maximum absolute atomic E-state index is 11.7. The molecule has 90 valence electrons. The number of amides is 1. The van der Waals surface area contributed by atoms with E-state index in [1.165, 1.54) is 0 Å². The van der Waals surface area contributed by atoms with Crippen LogP contribution in [0.4, 0.5) is 4.79 Å². The van der Waals surface area contributed by atoms with Crippen LogP contribution >= 0.6 is 23.2 Å². The smallest absolute Gasteiger partial charge is 0.411 e. The van der Waals surface area contributed by atoms with Crippen LogP contribution in [0, 0.1) is 0 Å². The first-order valence-electron chi connectivity index (χ1n) is 5.09. The number of carbonyl (C=O) groups excluding carboxylic acids is 1. The molecule has 0 aromatic heterocycles. The highest BCUT2D eigenvalue weighted by molar-refractivity contribution is 6.22. The Labute approximate surface area is 102 Å². The minimum atomic E-state index is -0.644. The Bertz CT molecular complexity index is 190. The van der Waals surface area contributed by atoms with Crippen LogP contribution in [0.25, 0.3) is 0 Å². The minimum Gasteiger partial charge on any atom is -0.430 e. The fourth-order valence-electron chi connectivity index (χ4n) is 1.33. The van der Waals surface area contributed by atoms with Gasteiger partial charge in [0.05, 0.1) is 0 Å². The van der Waals surface area contributed by atoms with E-state index in [1.54, 1.807) is 4.90 Å². The van der Waals surface area contributed by atoms with Crippen molar-refractivity contribution in [2.45, 2.75) is 51.8 Å². The number of nitrogens with zero attached hydrogens (tertiary/aromatic N) is 1. The fourth-order valence-corrected chi connectivity index (χ4v) is 1.83. The third-order valence-electron chi connectivity index (χ3n) is 1.89. The highest BCUT2D eigenvalue weighted by Crippen LogP contribution is 2.12. The number of halogens is 2. The first-order valence-corrected chi connectivity index (χ1v) is 6.06. The lowest BCUT2D eigenvalue weighted by atomic mass is 10.2. The summed E-state index contributed by atoms with van der Waals surface area (Å²) in [5, 5.41) is 0. The van der Waals surface area contributed by atoms with E-state index in [4.69, 9.17) is 27.9 Å². The number of alkyl halides is 2. The van der Waals surface area contributed by atoms with Gasteiger partial charge in [-0.05, 0) is 27.7 Å². The first kappa shape index (κ1) is 14.8. The lowest BCUT2D eigenvalue weighted by Crippen LogP contribution is -2.43. The van der Waals surface area contributed by atoms with Crippen molar-refractivity contribution in [3.05, 3.63) is 0 Å². The maximum Gasteiger partial charge on any atom is 0.411 e. The summed E-state index contributed by atoms with van der Waals surface area (Å²) in [6, 6.07) is 0.190. The zero-order valence-electron chi connectivity index (χ0n) is 9.67. The summed E-state index contributed by atoms with van der Waals surface area (Å²) >= 11 is 11.3. The van der Waals surface area contributed by atoms with E-state index in [0.29, 0.717) is 12.3 Å². The largest absolute Gasteiger partial charge is 0.430 e. The second-order valence-electron chi connectivity index (χ2n) is 3.87. The summed E-state index contributed by atoms with van der Waals surface area (Å²) < 4.78 is 5.04. The molecule has 0 rings (SSSR count). The van der Waals surface area contributed by atoms with Gasteiger partial charge in [0.25, 0.3) is 0 Å². The number of hydrogen-bond acceptors (Lipinski definition) is 2. The highest BCUT2D eigenvalue weighted by Gasteiger charge is 2.23. The van der Waals surface area contributed by atoms with Gasteiger partial charge in [0.1, 0.15) is 0 Å². The van der Waals surface area contributed by atoms with Crippen LogP contribution in [0.3, 0.4) is 0 Å². The molecule has 0 heterocycles. The molecule has 1 atom stereocenters. The summed E-state index contributed by atoms with van der Waals surface area (Å²) in [6.45, 7) is 7.75. The van der Waals surface area contributed by atoms with Gasteiger partial charge < -0.3 is 9.64 Å². The van der Waals surface area contributed by atoms with Gasteiger partial charge in [-0.3, -0.25) is 0 Å². The molecular weight excluding hydrogens is 237 g/mol. The van der Waals surface area contributed by atoms with Crippen molar-refractivity contribution in [3.63, 3.8) is 0 Å². The Kier molecular flexibility index (Phi) is 7.11. The molecule has 0 N–H and O–H groups in total. The van der Waals surface area contributed by atoms with Crippen molar-refractivity contribution in [1.29, 1.82) is 0 Å². The van der Waals surface area contributed by atoms with E-state index in [9.17, 15) is 4.79 Å². The Morgan fingerprint density at radius 2 is 1.73 bits per heavy atom. The summed E-state index contributed by atoms with van der Waals surface area (Å²) in [5.74, 6) is 0.380. The van der Waals surface area contributed by atoms with Gasteiger partial charge in [-0.25, -0.2) is 4.79 Å². The summed E-state index contributed by atoms with van der Waals surface area (Å²) in [6.07, 6.45) is 0.0731. The zero-order valence-corrected chi connectivity index (χ0v) is 11.2. The first-order chi connectivity index (χ1) is 6.90. The molecule has 15 heavy (non-hydrogen) atoms. The molecule has 1 unspecified atom stereocenters. The normalized spacial score (nSPS) is 13.1. The van der Waals surface area contributed by atoms with Gasteiger partial charge in [0, 0.05) is 24.4 Å². The van der Waals surface area contributed by atoms with Crippen LogP contribution in [0.15, 0.2) is 0 Å². The molecule has 1 amide bonds. The molecule has 0 spiro atoms. The van der Waals surface area contributed by atoms with E-state index in [1.807, 2.05) is 27.7 Å². The average molecular weight is 256 g/mol. The Morgan fingerprint density at radius 3 is 2.07 bits per heavy atom. The van der Waals surface area contributed by atoms with E-state index in [-0.39, 0.29) is 18.2 Å². The summed E-state index contributed by atoms with van der Waals surface area (Å²) in [5.41, 5.74) is -0.644. The Hall–Kier alpha value is -0.150. The number of carbonyl (C=O) groups is 1. The predicted octanol–water partition coefficient (Wildman–Crippen LogP) is 3.44. The molecule has 3 nitrogen and oxygen atoms in total. The predicted molar refractivity (Wildman–Crippen MR) is 63.6 cm³/mol. The molecule has 0 saturated carbocycles. The van der Waals surface area contributed by atoms with Crippen molar-refractivity contribution in [3.8, 4) is 0 Å².